The molecule has 160 valence electrons. The number of rotatable bonds is 10. The summed E-state index contributed by atoms with van der Waals surface area (Å²) in [5.74, 6) is 1.44. The van der Waals surface area contributed by atoms with Crippen LogP contribution in [0.1, 0.15) is 49.7 Å². The summed E-state index contributed by atoms with van der Waals surface area (Å²) in [5.41, 5.74) is 3.26. The number of aromatic nitrogens is 3. The molecular formula is C22H28N4O2S2. The molecule has 0 saturated heterocycles. The summed E-state index contributed by atoms with van der Waals surface area (Å²) in [7, 11) is -3.38. The molecule has 0 bridgehead atoms. The van der Waals surface area contributed by atoms with Crippen LogP contribution >= 0.6 is 11.8 Å². The highest BCUT2D eigenvalue weighted by atomic mass is 32.2. The van der Waals surface area contributed by atoms with Gasteiger partial charge in [0.25, 0.3) is 0 Å². The van der Waals surface area contributed by atoms with Gasteiger partial charge in [-0.2, -0.15) is 0 Å². The molecule has 0 saturated carbocycles. The number of unbranched alkanes of at least 4 members (excludes halogenated alkanes) is 1. The number of thioether (sulfide) groups is 1. The van der Waals surface area contributed by atoms with Crippen molar-refractivity contribution in [2.75, 3.05) is 5.75 Å². The Morgan fingerprint density at radius 1 is 1.07 bits per heavy atom. The first-order valence-electron chi connectivity index (χ1n) is 10.1. The first kappa shape index (κ1) is 22.5. The lowest BCUT2D eigenvalue weighted by atomic mass is 10.2. The molecule has 1 atom stereocenters. The number of hydrogen-bond acceptors (Lipinski definition) is 5. The molecule has 8 heteroatoms. The van der Waals surface area contributed by atoms with Gasteiger partial charge in [0.15, 0.2) is 11.0 Å². The van der Waals surface area contributed by atoms with Crippen molar-refractivity contribution in [1.82, 2.24) is 19.5 Å². The van der Waals surface area contributed by atoms with E-state index >= 15 is 0 Å². The van der Waals surface area contributed by atoms with Crippen LogP contribution < -0.4 is 4.72 Å². The first-order valence-corrected chi connectivity index (χ1v) is 12.7. The summed E-state index contributed by atoms with van der Waals surface area (Å²) in [5, 5.41) is 9.47. The quantitative estimate of drug-likeness (QED) is 0.461. The second-order valence-electron chi connectivity index (χ2n) is 7.30. The van der Waals surface area contributed by atoms with Gasteiger partial charge in [-0.3, -0.25) is 4.57 Å². The Labute approximate surface area is 183 Å². The second-order valence-corrected chi connectivity index (χ2v) is 10.1. The third kappa shape index (κ3) is 5.93. The van der Waals surface area contributed by atoms with Gasteiger partial charge in [-0.05, 0) is 38.0 Å². The fourth-order valence-corrected chi connectivity index (χ4v) is 5.37. The first-order chi connectivity index (χ1) is 14.4. The molecular weight excluding hydrogens is 416 g/mol. The maximum absolute atomic E-state index is 12.4. The highest BCUT2D eigenvalue weighted by Crippen LogP contribution is 2.28. The third-order valence-corrected chi connectivity index (χ3v) is 7.21. The molecule has 0 aliphatic carbocycles. The van der Waals surface area contributed by atoms with Crippen molar-refractivity contribution in [2.24, 2.45) is 0 Å². The van der Waals surface area contributed by atoms with Gasteiger partial charge in [-0.15, -0.1) is 10.2 Å². The van der Waals surface area contributed by atoms with E-state index in [4.69, 9.17) is 0 Å². The summed E-state index contributed by atoms with van der Waals surface area (Å²) in [6.45, 7) is 5.82. The highest BCUT2D eigenvalue weighted by molar-refractivity contribution is 7.98. The van der Waals surface area contributed by atoms with Gasteiger partial charge in [0.05, 0.1) is 11.8 Å². The van der Waals surface area contributed by atoms with E-state index in [1.54, 1.807) is 11.8 Å². The number of benzene rings is 2. The smallest absolute Gasteiger partial charge is 0.212 e. The predicted octanol–water partition coefficient (Wildman–Crippen LogP) is 4.65. The molecule has 1 N–H and O–H groups in total. The van der Waals surface area contributed by atoms with Gasteiger partial charge in [-0.1, -0.05) is 73.1 Å². The summed E-state index contributed by atoms with van der Waals surface area (Å²) in [6.07, 6.45) is 1.46. The number of nitrogens with one attached hydrogen (secondary N) is 1. The van der Waals surface area contributed by atoms with Gasteiger partial charge in [0.2, 0.25) is 10.0 Å². The molecule has 3 aromatic rings. The van der Waals surface area contributed by atoms with Crippen LogP contribution in [0.4, 0.5) is 0 Å². The van der Waals surface area contributed by atoms with Crippen molar-refractivity contribution < 1.29 is 8.42 Å². The second kappa shape index (κ2) is 10.2. The van der Waals surface area contributed by atoms with E-state index in [-0.39, 0.29) is 5.75 Å². The maximum Gasteiger partial charge on any atom is 0.212 e. The largest absolute Gasteiger partial charge is 0.273 e. The average Bonchev–Trinajstić information content (AvgIpc) is 3.16. The fourth-order valence-electron chi connectivity index (χ4n) is 3.03. The van der Waals surface area contributed by atoms with Crippen LogP contribution in [-0.4, -0.2) is 28.9 Å². The van der Waals surface area contributed by atoms with Gasteiger partial charge in [-0.25, -0.2) is 13.1 Å². The summed E-state index contributed by atoms with van der Waals surface area (Å²) in [6, 6.07) is 17.7. The Morgan fingerprint density at radius 3 is 2.43 bits per heavy atom. The van der Waals surface area contributed by atoms with Crippen molar-refractivity contribution in [3.63, 3.8) is 0 Å². The lowest BCUT2D eigenvalue weighted by Gasteiger charge is -2.16. The van der Waals surface area contributed by atoms with Gasteiger partial charge < -0.3 is 0 Å². The number of hydrogen-bond donors (Lipinski definition) is 1. The third-order valence-electron chi connectivity index (χ3n) is 4.67. The minimum Gasteiger partial charge on any atom is -0.273 e. The molecule has 3 rings (SSSR count). The van der Waals surface area contributed by atoms with Gasteiger partial charge >= 0.3 is 0 Å². The lowest BCUT2D eigenvalue weighted by molar-refractivity contribution is 0.553. The Balaban J connectivity index is 1.90. The zero-order chi connectivity index (χ0) is 21.6. The standard InChI is InChI=1S/C22H28N4O2S2/c1-4-5-15-30(27,28)25-18(3)21-23-24-22(29-16-19-9-7-6-8-10-19)26(21)20-13-11-17(2)12-14-20/h6-14,18,25H,4-5,15-16H2,1-3H3. The normalized spacial score (nSPS) is 12.8. The van der Waals surface area contributed by atoms with Crippen LogP contribution in [0.25, 0.3) is 5.69 Å². The topological polar surface area (TPSA) is 76.9 Å². The molecule has 6 nitrogen and oxygen atoms in total. The van der Waals surface area contributed by atoms with E-state index in [0.29, 0.717) is 12.2 Å². The molecule has 0 radical (unpaired) electrons. The molecule has 0 aliphatic heterocycles. The Morgan fingerprint density at radius 2 is 1.77 bits per heavy atom. The SMILES string of the molecule is CCCCS(=O)(=O)NC(C)c1nnc(SCc2ccccc2)n1-c1ccc(C)cc1. The zero-order valence-corrected chi connectivity index (χ0v) is 19.2. The van der Waals surface area contributed by atoms with E-state index < -0.39 is 16.1 Å². The van der Waals surface area contributed by atoms with Crippen molar-refractivity contribution >= 4 is 21.8 Å². The van der Waals surface area contributed by atoms with E-state index in [0.717, 1.165) is 28.6 Å². The summed E-state index contributed by atoms with van der Waals surface area (Å²) >= 11 is 1.58. The number of nitrogens with zero attached hydrogens (tertiary/aromatic N) is 3. The Kier molecular flexibility index (Phi) is 7.69. The minimum atomic E-state index is -3.38. The number of sulfonamides is 1. The van der Waals surface area contributed by atoms with Crippen LogP contribution in [-0.2, 0) is 15.8 Å². The van der Waals surface area contributed by atoms with Gasteiger partial charge in [0, 0.05) is 11.4 Å². The molecule has 1 unspecified atom stereocenters. The molecule has 1 aromatic heterocycles. The molecule has 1 heterocycles. The minimum absolute atomic E-state index is 0.113. The van der Waals surface area contributed by atoms with Gasteiger partial charge in [0.1, 0.15) is 0 Å². The van der Waals surface area contributed by atoms with Crippen molar-refractivity contribution in [2.45, 2.75) is 50.6 Å². The predicted molar refractivity (Wildman–Crippen MR) is 122 cm³/mol. The zero-order valence-electron chi connectivity index (χ0n) is 17.6. The van der Waals surface area contributed by atoms with Crippen molar-refractivity contribution in [3.05, 3.63) is 71.5 Å². The molecule has 2 aromatic carbocycles. The molecule has 0 fully saturated rings. The van der Waals surface area contributed by atoms with E-state index in [1.807, 2.05) is 67.8 Å². The van der Waals surface area contributed by atoms with E-state index in [2.05, 4.69) is 27.1 Å². The maximum atomic E-state index is 12.4. The van der Waals surface area contributed by atoms with Crippen LogP contribution in [0.5, 0.6) is 0 Å². The molecule has 0 amide bonds. The fraction of sp³-hybridized carbons (Fsp3) is 0.364. The average molecular weight is 445 g/mol. The summed E-state index contributed by atoms with van der Waals surface area (Å²) in [4.78, 5) is 0. The Hall–Kier alpha value is -2.16. The molecule has 0 spiro atoms. The van der Waals surface area contributed by atoms with Crippen LogP contribution in [0, 0.1) is 6.92 Å². The number of aryl methyl sites for hydroxylation is 1. The van der Waals surface area contributed by atoms with Crippen molar-refractivity contribution in [3.8, 4) is 5.69 Å². The molecule has 30 heavy (non-hydrogen) atoms. The monoisotopic (exact) mass is 444 g/mol. The van der Waals surface area contributed by atoms with E-state index in [9.17, 15) is 8.42 Å². The molecule has 0 aliphatic rings. The summed E-state index contributed by atoms with van der Waals surface area (Å²) < 4.78 is 29.5. The lowest BCUT2D eigenvalue weighted by Crippen LogP contribution is -2.30. The van der Waals surface area contributed by atoms with Crippen LogP contribution in [0.2, 0.25) is 0 Å². The highest BCUT2D eigenvalue weighted by Gasteiger charge is 2.23. The van der Waals surface area contributed by atoms with Crippen LogP contribution in [0.15, 0.2) is 59.8 Å². The Bertz CT molecular complexity index is 1050. The van der Waals surface area contributed by atoms with Crippen molar-refractivity contribution in [1.29, 1.82) is 0 Å². The van der Waals surface area contributed by atoms with E-state index in [1.165, 1.54) is 5.56 Å². The van der Waals surface area contributed by atoms with Crippen LogP contribution in [0.3, 0.4) is 0 Å².